The molecule has 1 spiro atoms. The van der Waals surface area contributed by atoms with E-state index >= 15 is 0 Å². The SMILES string of the molecule is CC(CN)CN1CCCN(C2CCOC3(CCC3)C2)CC1. The number of hydrogen-bond acceptors (Lipinski definition) is 4. The topological polar surface area (TPSA) is 41.7 Å². The first-order chi connectivity index (χ1) is 10.2. The van der Waals surface area contributed by atoms with E-state index in [0.717, 1.165) is 19.2 Å². The van der Waals surface area contributed by atoms with Crippen LogP contribution < -0.4 is 5.73 Å². The van der Waals surface area contributed by atoms with Crippen LogP contribution in [-0.2, 0) is 4.74 Å². The average Bonchev–Trinajstić information content (AvgIpc) is 2.71. The summed E-state index contributed by atoms with van der Waals surface area (Å²) in [7, 11) is 0. The second-order valence-corrected chi connectivity index (χ2v) is 7.56. The Morgan fingerprint density at radius 1 is 1.19 bits per heavy atom. The first-order valence-corrected chi connectivity index (χ1v) is 9.01. The fourth-order valence-corrected chi connectivity index (χ4v) is 4.29. The molecule has 0 bridgehead atoms. The van der Waals surface area contributed by atoms with E-state index in [-0.39, 0.29) is 5.60 Å². The molecule has 0 amide bonds. The van der Waals surface area contributed by atoms with Crippen molar-refractivity contribution in [1.82, 2.24) is 9.80 Å². The third-order valence-electron chi connectivity index (χ3n) is 5.84. The van der Waals surface area contributed by atoms with Crippen molar-refractivity contribution in [3.63, 3.8) is 0 Å². The first-order valence-electron chi connectivity index (χ1n) is 9.01. The molecule has 122 valence electrons. The van der Waals surface area contributed by atoms with Gasteiger partial charge in [0.1, 0.15) is 0 Å². The summed E-state index contributed by atoms with van der Waals surface area (Å²) in [6.07, 6.45) is 7.81. The smallest absolute Gasteiger partial charge is 0.0697 e. The van der Waals surface area contributed by atoms with Gasteiger partial charge in [-0.3, -0.25) is 4.90 Å². The minimum atomic E-state index is 0.281. The number of hydrogen-bond donors (Lipinski definition) is 1. The van der Waals surface area contributed by atoms with Crippen LogP contribution in [0, 0.1) is 5.92 Å². The summed E-state index contributed by atoms with van der Waals surface area (Å²) in [5, 5.41) is 0. The molecule has 0 aromatic rings. The second kappa shape index (κ2) is 6.95. The van der Waals surface area contributed by atoms with Gasteiger partial charge in [0.25, 0.3) is 0 Å². The molecule has 2 saturated heterocycles. The molecule has 2 atom stereocenters. The lowest BCUT2D eigenvalue weighted by Crippen LogP contribution is -2.52. The second-order valence-electron chi connectivity index (χ2n) is 7.56. The molecular weight excluding hydrogens is 262 g/mol. The molecule has 0 aromatic heterocycles. The highest BCUT2D eigenvalue weighted by Gasteiger charge is 2.43. The minimum absolute atomic E-state index is 0.281. The van der Waals surface area contributed by atoms with Crippen molar-refractivity contribution in [1.29, 1.82) is 0 Å². The van der Waals surface area contributed by atoms with Crippen molar-refractivity contribution in [3.8, 4) is 0 Å². The maximum atomic E-state index is 6.09. The third kappa shape index (κ3) is 3.79. The Morgan fingerprint density at radius 2 is 2.05 bits per heavy atom. The fraction of sp³-hybridized carbons (Fsp3) is 1.00. The molecule has 4 nitrogen and oxygen atoms in total. The van der Waals surface area contributed by atoms with Crippen LogP contribution in [0.5, 0.6) is 0 Å². The van der Waals surface area contributed by atoms with Crippen LogP contribution >= 0.6 is 0 Å². The number of nitrogens with two attached hydrogens (primary N) is 1. The van der Waals surface area contributed by atoms with Gasteiger partial charge in [-0.25, -0.2) is 0 Å². The van der Waals surface area contributed by atoms with Gasteiger partial charge in [-0.15, -0.1) is 0 Å². The van der Waals surface area contributed by atoms with Crippen LogP contribution in [0.2, 0.25) is 0 Å². The summed E-state index contributed by atoms with van der Waals surface area (Å²) in [4.78, 5) is 5.38. The molecule has 1 saturated carbocycles. The zero-order valence-electron chi connectivity index (χ0n) is 13.7. The van der Waals surface area contributed by atoms with Crippen molar-refractivity contribution in [2.24, 2.45) is 11.7 Å². The fourth-order valence-electron chi connectivity index (χ4n) is 4.29. The molecule has 3 fully saturated rings. The van der Waals surface area contributed by atoms with Crippen LogP contribution in [0.25, 0.3) is 0 Å². The minimum Gasteiger partial charge on any atom is -0.375 e. The molecule has 2 unspecified atom stereocenters. The zero-order chi connectivity index (χ0) is 14.7. The summed E-state index contributed by atoms with van der Waals surface area (Å²) in [6.45, 7) is 10.2. The van der Waals surface area contributed by atoms with Gasteiger partial charge in [0.15, 0.2) is 0 Å². The van der Waals surface area contributed by atoms with Gasteiger partial charge in [0.2, 0.25) is 0 Å². The first kappa shape index (κ1) is 15.7. The molecule has 0 aromatic carbocycles. The Bertz CT molecular complexity index is 332. The normalized spacial score (nSPS) is 32.6. The Morgan fingerprint density at radius 3 is 2.76 bits per heavy atom. The lowest BCUT2D eigenvalue weighted by molar-refractivity contribution is -0.148. The monoisotopic (exact) mass is 295 g/mol. The molecule has 3 aliphatic rings. The van der Waals surface area contributed by atoms with E-state index in [0.29, 0.717) is 5.92 Å². The quantitative estimate of drug-likeness (QED) is 0.857. The summed E-state index contributed by atoms with van der Waals surface area (Å²) < 4.78 is 6.09. The predicted molar refractivity (Wildman–Crippen MR) is 86.4 cm³/mol. The van der Waals surface area contributed by atoms with Gasteiger partial charge in [-0.05, 0) is 64.1 Å². The van der Waals surface area contributed by atoms with Crippen LogP contribution in [0.4, 0.5) is 0 Å². The number of nitrogens with zero attached hydrogens (tertiary/aromatic N) is 2. The van der Waals surface area contributed by atoms with E-state index in [1.807, 2.05) is 0 Å². The predicted octanol–water partition coefficient (Wildman–Crippen LogP) is 1.69. The van der Waals surface area contributed by atoms with E-state index in [1.165, 1.54) is 71.2 Å². The van der Waals surface area contributed by atoms with E-state index in [9.17, 15) is 0 Å². The summed E-state index contributed by atoms with van der Waals surface area (Å²) in [5.74, 6) is 0.623. The highest BCUT2D eigenvalue weighted by Crippen LogP contribution is 2.43. The van der Waals surface area contributed by atoms with E-state index in [2.05, 4.69) is 16.7 Å². The van der Waals surface area contributed by atoms with Gasteiger partial charge < -0.3 is 15.4 Å². The Labute approximate surface area is 130 Å². The Kier molecular flexibility index (Phi) is 5.20. The van der Waals surface area contributed by atoms with Crippen LogP contribution in [0.15, 0.2) is 0 Å². The molecule has 0 radical (unpaired) electrons. The Hall–Kier alpha value is -0.160. The zero-order valence-corrected chi connectivity index (χ0v) is 13.7. The Balaban J connectivity index is 1.50. The molecular formula is C17H33N3O. The average molecular weight is 295 g/mol. The van der Waals surface area contributed by atoms with Gasteiger partial charge in [-0.1, -0.05) is 6.92 Å². The summed E-state index contributed by atoms with van der Waals surface area (Å²) >= 11 is 0. The summed E-state index contributed by atoms with van der Waals surface area (Å²) in [6, 6.07) is 0.769. The van der Waals surface area contributed by atoms with Gasteiger partial charge in [-0.2, -0.15) is 0 Å². The molecule has 4 heteroatoms. The lowest BCUT2D eigenvalue weighted by atomic mass is 9.73. The largest absolute Gasteiger partial charge is 0.375 e. The van der Waals surface area contributed by atoms with E-state index in [1.54, 1.807) is 0 Å². The van der Waals surface area contributed by atoms with E-state index < -0.39 is 0 Å². The summed E-state index contributed by atoms with van der Waals surface area (Å²) in [5.41, 5.74) is 6.05. The van der Waals surface area contributed by atoms with Crippen LogP contribution in [0.3, 0.4) is 0 Å². The van der Waals surface area contributed by atoms with Gasteiger partial charge in [0.05, 0.1) is 5.60 Å². The standard InChI is InChI=1S/C17H33N3O/c1-15(13-18)14-19-7-3-8-20(10-9-19)16-4-11-21-17(12-16)5-2-6-17/h15-16H,2-14,18H2,1H3. The van der Waals surface area contributed by atoms with Crippen molar-refractivity contribution < 1.29 is 4.74 Å². The maximum absolute atomic E-state index is 6.09. The van der Waals surface area contributed by atoms with Crippen molar-refractivity contribution in [3.05, 3.63) is 0 Å². The highest BCUT2D eigenvalue weighted by molar-refractivity contribution is 4.97. The van der Waals surface area contributed by atoms with Crippen molar-refractivity contribution in [2.45, 2.75) is 57.1 Å². The molecule has 2 heterocycles. The molecule has 2 aliphatic heterocycles. The van der Waals surface area contributed by atoms with Gasteiger partial charge >= 0.3 is 0 Å². The number of rotatable bonds is 4. The highest BCUT2D eigenvalue weighted by atomic mass is 16.5. The number of ether oxygens (including phenoxy) is 1. The molecule has 21 heavy (non-hydrogen) atoms. The molecule has 3 rings (SSSR count). The van der Waals surface area contributed by atoms with Crippen molar-refractivity contribution >= 4 is 0 Å². The van der Waals surface area contributed by atoms with Gasteiger partial charge in [0, 0.05) is 32.3 Å². The maximum Gasteiger partial charge on any atom is 0.0697 e. The molecule has 1 aliphatic carbocycles. The third-order valence-corrected chi connectivity index (χ3v) is 5.84. The van der Waals surface area contributed by atoms with E-state index in [4.69, 9.17) is 10.5 Å². The van der Waals surface area contributed by atoms with Crippen molar-refractivity contribution in [2.75, 3.05) is 45.9 Å². The lowest BCUT2D eigenvalue weighted by Gasteiger charge is -2.49. The van der Waals surface area contributed by atoms with Crippen LogP contribution in [-0.4, -0.2) is 67.3 Å². The molecule has 2 N–H and O–H groups in total. The van der Waals surface area contributed by atoms with Crippen LogP contribution in [0.1, 0.15) is 45.4 Å².